The molecule has 0 atom stereocenters. The molecule has 0 radical (unpaired) electrons. The van der Waals surface area contributed by atoms with Crippen molar-refractivity contribution in [3.63, 3.8) is 0 Å². The molecule has 0 unspecified atom stereocenters. The molecule has 2 aromatic rings. The summed E-state index contributed by atoms with van der Waals surface area (Å²) in [6, 6.07) is 4.89. The van der Waals surface area contributed by atoms with Gasteiger partial charge in [0.05, 0.1) is 7.11 Å². The third-order valence-corrected chi connectivity index (χ3v) is 3.57. The Balaban J connectivity index is 1.75. The highest BCUT2D eigenvalue weighted by molar-refractivity contribution is 5.77. The number of nitrogens with zero attached hydrogens (tertiary/aromatic N) is 2. The van der Waals surface area contributed by atoms with Crippen molar-refractivity contribution < 1.29 is 23.9 Å². The highest BCUT2D eigenvalue weighted by Crippen LogP contribution is 2.30. The van der Waals surface area contributed by atoms with Gasteiger partial charge in [-0.25, -0.2) is 0 Å². The van der Waals surface area contributed by atoms with E-state index in [9.17, 15) is 9.90 Å². The number of benzene rings is 1. The quantitative estimate of drug-likeness (QED) is 0.631. The zero-order valence-electron chi connectivity index (χ0n) is 14.4. The average molecular weight is 349 g/mol. The van der Waals surface area contributed by atoms with E-state index in [4.69, 9.17) is 14.0 Å². The number of phenolic OH excluding ortho intramolecular Hbond substituents is 1. The predicted molar refractivity (Wildman–Crippen MR) is 90.4 cm³/mol. The van der Waals surface area contributed by atoms with E-state index in [1.807, 2.05) is 0 Å². The first-order valence-electron chi connectivity index (χ1n) is 8.09. The van der Waals surface area contributed by atoms with Gasteiger partial charge in [-0.2, -0.15) is 4.98 Å². The number of rotatable bonds is 10. The van der Waals surface area contributed by atoms with Crippen LogP contribution in [-0.2, 0) is 16.0 Å². The molecule has 1 amide bonds. The molecule has 1 aromatic carbocycles. The van der Waals surface area contributed by atoms with E-state index < -0.39 is 0 Å². The minimum Gasteiger partial charge on any atom is -0.504 e. The summed E-state index contributed by atoms with van der Waals surface area (Å²) in [5.74, 6) is 1.34. The Morgan fingerprint density at radius 1 is 1.28 bits per heavy atom. The summed E-state index contributed by atoms with van der Waals surface area (Å²) >= 11 is 0. The van der Waals surface area contributed by atoms with Crippen LogP contribution in [0.5, 0.6) is 11.5 Å². The van der Waals surface area contributed by atoms with Crippen LogP contribution in [0.25, 0.3) is 11.4 Å². The standard InChI is InChI=1S/C17H23N3O5/c1-23-11-15(22)18-9-5-3-4-6-16-19-17(20-25-16)12-7-8-13(21)14(10-12)24-2/h7-8,10,21H,3-6,9,11H2,1-2H3,(H,18,22). The molecule has 0 aliphatic carbocycles. The molecule has 2 N–H and O–H groups in total. The molecule has 2 rings (SSSR count). The second-order valence-corrected chi connectivity index (χ2v) is 5.49. The maximum Gasteiger partial charge on any atom is 0.245 e. The number of unbranched alkanes of at least 4 members (excludes halogenated alkanes) is 2. The van der Waals surface area contributed by atoms with Gasteiger partial charge in [-0.1, -0.05) is 11.6 Å². The van der Waals surface area contributed by atoms with Crippen molar-refractivity contribution in [1.82, 2.24) is 15.5 Å². The zero-order chi connectivity index (χ0) is 18.1. The lowest BCUT2D eigenvalue weighted by Gasteiger charge is -2.03. The van der Waals surface area contributed by atoms with Gasteiger partial charge < -0.3 is 24.4 Å². The number of ether oxygens (including phenoxy) is 2. The summed E-state index contributed by atoms with van der Waals surface area (Å²) in [7, 11) is 2.98. The van der Waals surface area contributed by atoms with E-state index in [0.717, 1.165) is 19.3 Å². The van der Waals surface area contributed by atoms with Crippen molar-refractivity contribution in [2.75, 3.05) is 27.4 Å². The predicted octanol–water partition coefficient (Wildman–Crippen LogP) is 1.93. The van der Waals surface area contributed by atoms with Crippen LogP contribution in [0, 0.1) is 0 Å². The molecule has 0 saturated heterocycles. The molecule has 136 valence electrons. The number of nitrogens with one attached hydrogen (secondary N) is 1. The fraction of sp³-hybridized carbons (Fsp3) is 0.471. The number of amides is 1. The van der Waals surface area contributed by atoms with Crippen LogP contribution in [0.15, 0.2) is 22.7 Å². The van der Waals surface area contributed by atoms with Crippen molar-refractivity contribution in [3.05, 3.63) is 24.1 Å². The fourth-order valence-electron chi connectivity index (χ4n) is 2.28. The van der Waals surface area contributed by atoms with Gasteiger partial charge in [0, 0.05) is 25.6 Å². The molecule has 0 saturated carbocycles. The first-order valence-corrected chi connectivity index (χ1v) is 8.09. The Kier molecular flexibility index (Phi) is 7.21. The first kappa shape index (κ1) is 18.7. The maximum atomic E-state index is 11.2. The smallest absolute Gasteiger partial charge is 0.245 e. The Morgan fingerprint density at radius 3 is 2.88 bits per heavy atom. The second-order valence-electron chi connectivity index (χ2n) is 5.49. The summed E-state index contributed by atoms with van der Waals surface area (Å²) in [4.78, 5) is 15.6. The molecule has 0 bridgehead atoms. The summed E-state index contributed by atoms with van der Waals surface area (Å²) in [6.45, 7) is 0.720. The molecule has 0 aliphatic heterocycles. The number of hydrogen-bond acceptors (Lipinski definition) is 7. The first-order chi connectivity index (χ1) is 12.1. The fourth-order valence-corrected chi connectivity index (χ4v) is 2.28. The van der Waals surface area contributed by atoms with Gasteiger partial charge in [-0.05, 0) is 31.0 Å². The Bertz CT molecular complexity index is 687. The van der Waals surface area contributed by atoms with Crippen molar-refractivity contribution in [3.8, 4) is 22.9 Å². The normalized spacial score (nSPS) is 10.6. The number of carbonyl (C=O) groups is 1. The molecular formula is C17H23N3O5. The summed E-state index contributed by atoms with van der Waals surface area (Å²) in [5.41, 5.74) is 0.713. The van der Waals surface area contributed by atoms with Crippen LogP contribution >= 0.6 is 0 Å². The number of aromatic hydroxyl groups is 1. The van der Waals surface area contributed by atoms with Crippen LogP contribution in [-0.4, -0.2) is 48.5 Å². The number of aryl methyl sites for hydroxylation is 1. The minimum absolute atomic E-state index is 0.0626. The molecule has 1 aromatic heterocycles. The van der Waals surface area contributed by atoms with Gasteiger partial charge in [0.2, 0.25) is 17.6 Å². The molecular weight excluding hydrogens is 326 g/mol. The van der Waals surface area contributed by atoms with E-state index in [1.54, 1.807) is 12.1 Å². The van der Waals surface area contributed by atoms with Crippen LogP contribution in [0.1, 0.15) is 25.2 Å². The SMILES string of the molecule is COCC(=O)NCCCCCc1nc(-c2ccc(O)c(OC)c2)no1. The van der Waals surface area contributed by atoms with Crippen LogP contribution < -0.4 is 10.1 Å². The van der Waals surface area contributed by atoms with Crippen molar-refractivity contribution >= 4 is 5.91 Å². The van der Waals surface area contributed by atoms with Crippen LogP contribution in [0.4, 0.5) is 0 Å². The van der Waals surface area contributed by atoms with Gasteiger partial charge >= 0.3 is 0 Å². The lowest BCUT2D eigenvalue weighted by atomic mass is 10.2. The largest absolute Gasteiger partial charge is 0.504 e. The summed E-state index contributed by atoms with van der Waals surface area (Å²) < 4.78 is 15.1. The van der Waals surface area contributed by atoms with Gasteiger partial charge in [-0.15, -0.1) is 0 Å². The summed E-state index contributed by atoms with van der Waals surface area (Å²) in [5, 5.41) is 16.3. The van der Waals surface area contributed by atoms with Crippen molar-refractivity contribution in [2.45, 2.75) is 25.7 Å². The number of phenols is 1. The Morgan fingerprint density at radius 2 is 2.12 bits per heavy atom. The highest BCUT2D eigenvalue weighted by atomic mass is 16.5. The molecule has 8 nitrogen and oxygen atoms in total. The second kappa shape index (κ2) is 9.63. The van der Waals surface area contributed by atoms with E-state index in [0.29, 0.717) is 36.0 Å². The molecule has 0 aliphatic rings. The number of aromatic nitrogens is 2. The van der Waals surface area contributed by atoms with E-state index in [1.165, 1.54) is 20.3 Å². The third kappa shape index (κ3) is 5.75. The molecule has 0 spiro atoms. The Hall–Kier alpha value is -2.61. The lowest BCUT2D eigenvalue weighted by Crippen LogP contribution is -2.27. The van der Waals surface area contributed by atoms with E-state index in [-0.39, 0.29) is 18.3 Å². The van der Waals surface area contributed by atoms with Gasteiger partial charge in [0.1, 0.15) is 6.61 Å². The van der Waals surface area contributed by atoms with E-state index >= 15 is 0 Å². The van der Waals surface area contributed by atoms with Crippen molar-refractivity contribution in [2.24, 2.45) is 0 Å². The molecule has 25 heavy (non-hydrogen) atoms. The minimum atomic E-state index is -0.103. The average Bonchev–Trinajstić information content (AvgIpc) is 3.07. The lowest BCUT2D eigenvalue weighted by molar-refractivity contribution is -0.124. The van der Waals surface area contributed by atoms with Gasteiger partial charge in [0.15, 0.2) is 11.5 Å². The monoisotopic (exact) mass is 349 g/mol. The topological polar surface area (TPSA) is 107 Å². The number of carbonyl (C=O) groups excluding carboxylic acids is 1. The zero-order valence-corrected chi connectivity index (χ0v) is 14.4. The third-order valence-electron chi connectivity index (χ3n) is 3.57. The highest BCUT2D eigenvalue weighted by Gasteiger charge is 2.11. The maximum absolute atomic E-state index is 11.2. The Labute approximate surface area is 146 Å². The van der Waals surface area contributed by atoms with Gasteiger partial charge in [0.25, 0.3) is 0 Å². The number of hydrogen-bond donors (Lipinski definition) is 2. The van der Waals surface area contributed by atoms with Crippen LogP contribution in [0.3, 0.4) is 0 Å². The molecule has 0 fully saturated rings. The summed E-state index contributed by atoms with van der Waals surface area (Å²) in [6.07, 6.45) is 3.39. The molecule has 8 heteroatoms. The van der Waals surface area contributed by atoms with Gasteiger partial charge in [-0.3, -0.25) is 4.79 Å². The van der Waals surface area contributed by atoms with E-state index in [2.05, 4.69) is 15.5 Å². The van der Waals surface area contributed by atoms with Crippen molar-refractivity contribution in [1.29, 1.82) is 0 Å². The van der Waals surface area contributed by atoms with Crippen LogP contribution in [0.2, 0.25) is 0 Å². The number of methoxy groups -OCH3 is 2. The molecule has 1 heterocycles.